The third-order valence-electron chi connectivity index (χ3n) is 4.15. The average molecular weight is 224 g/mol. The fourth-order valence-corrected chi connectivity index (χ4v) is 3.33. The number of nitrogens with one attached hydrogen (secondary N) is 1. The van der Waals surface area contributed by atoms with Crippen molar-refractivity contribution < 1.29 is 0 Å². The van der Waals surface area contributed by atoms with Gasteiger partial charge in [0.2, 0.25) is 0 Å². The van der Waals surface area contributed by atoms with Gasteiger partial charge in [-0.25, -0.2) is 0 Å². The molecule has 2 rings (SSSR count). The van der Waals surface area contributed by atoms with Crippen LogP contribution in [0.4, 0.5) is 0 Å². The fraction of sp³-hybridized carbons (Fsp3) is 1.00. The van der Waals surface area contributed by atoms with Crippen molar-refractivity contribution in [1.29, 1.82) is 0 Å². The molecule has 94 valence electrons. The maximum Gasteiger partial charge on any atom is 0.0224 e. The number of rotatable bonds is 5. The largest absolute Gasteiger partial charge is 0.315 e. The van der Waals surface area contributed by atoms with Crippen molar-refractivity contribution in [2.45, 2.75) is 64.5 Å². The zero-order chi connectivity index (χ0) is 11.4. The maximum absolute atomic E-state index is 3.64. The van der Waals surface area contributed by atoms with Crippen LogP contribution >= 0.6 is 0 Å². The lowest BCUT2D eigenvalue weighted by molar-refractivity contribution is 0.178. The van der Waals surface area contributed by atoms with E-state index >= 15 is 0 Å². The zero-order valence-corrected chi connectivity index (χ0v) is 11.0. The van der Waals surface area contributed by atoms with Crippen LogP contribution in [-0.4, -0.2) is 36.6 Å². The molecule has 16 heavy (non-hydrogen) atoms. The summed E-state index contributed by atoms with van der Waals surface area (Å²) in [5.41, 5.74) is 0. The molecule has 1 saturated heterocycles. The summed E-state index contributed by atoms with van der Waals surface area (Å²) in [6.45, 7) is 8.33. The summed E-state index contributed by atoms with van der Waals surface area (Å²) in [5.74, 6) is 0.779. The van der Waals surface area contributed by atoms with Crippen LogP contribution in [0.1, 0.15) is 52.4 Å². The number of nitrogens with zero attached hydrogens (tertiary/aromatic N) is 1. The summed E-state index contributed by atoms with van der Waals surface area (Å²) in [7, 11) is 0. The normalized spacial score (nSPS) is 28.3. The van der Waals surface area contributed by atoms with Crippen LogP contribution in [0.5, 0.6) is 0 Å². The second-order valence-electron chi connectivity index (χ2n) is 6.02. The molecule has 0 spiro atoms. The first kappa shape index (κ1) is 12.4. The number of likely N-dealkylation sites (tertiary alicyclic amines) is 1. The van der Waals surface area contributed by atoms with Crippen LogP contribution in [0.3, 0.4) is 0 Å². The van der Waals surface area contributed by atoms with E-state index in [2.05, 4.69) is 24.1 Å². The van der Waals surface area contributed by atoms with Gasteiger partial charge in [0.05, 0.1) is 0 Å². The van der Waals surface area contributed by atoms with Crippen molar-refractivity contribution in [2.24, 2.45) is 5.92 Å². The minimum absolute atomic E-state index is 0.779. The van der Waals surface area contributed by atoms with E-state index in [1.165, 1.54) is 58.2 Å². The first-order valence-corrected chi connectivity index (χ1v) is 7.24. The predicted molar refractivity (Wildman–Crippen MR) is 69.7 cm³/mol. The lowest BCUT2D eigenvalue weighted by atomic mass is 10.1. The van der Waals surface area contributed by atoms with E-state index in [0.29, 0.717) is 0 Å². The molecule has 2 fully saturated rings. The van der Waals surface area contributed by atoms with E-state index in [1.807, 2.05) is 0 Å². The van der Waals surface area contributed by atoms with Crippen molar-refractivity contribution in [3.05, 3.63) is 0 Å². The Hall–Kier alpha value is -0.0800. The van der Waals surface area contributed by atoms with Gasteiger partial charge < -0.3 is 5.32 Å². The van der Waals surface area contributed by atoms with Crippen molar-refractivity contribution in [2.75, 3.05) is 19.6 Å². The number of hydrogen-bond donors (Lipinski definition) is 1. The molecule has 2 nitrogen and oxygen atoms in total. The van der Waals surface area contributed by atoms with Crippen LogP contribution in [0.15, 0.2) is 0 Å². The van der Waals surface area contributed by atoms with Gasteiger partial charge in [-0.1, -0.05) is 26.7 Å². The molecule has 1 N–H and O–H groups in total. The predicted octanol–water partition coefficient (Wildman–Crippen LogP) is 2.64. The van der Waals surface area contributed by atoms with Crippen LogP contribution in [-0.2, 0) is 0 Å². The quantitative estimate of drug-likeness (QED) is 0.772. The van der Waals surface area contributed by atoms with Gasteiger partial charge >= 0.3 is 0 Å². The van der Waals surface area contributed by atoms with Gasteiger partial charge in [-0.05, 0) is 44.7 Å². The summed E-state index contributed by atoms with van der Waals surface area (Å²) in [5, 5.41) is 3.64. The standard InChI is InChI=1S/C14H28N2/c1-12(2)10-15-11-14-8-5-9-16(14)13-6-3-4-7-13/h12-15H,3-11H2,1-2H3. The minimum Gasteiger partial charge on any atom is -0.315 e. The molecule has 0 bridgehead atoms. The summed E-state index contributed by atoms with van der Waals surface area (Å²) >= 11 is 0. The minimum atomic E-state index is 0.779. The summed E-state index contributed by atoms with van der Waals surface area (Å²) < 4.78 is 0. The molecule has 1 aliphatic carbocycles. The second kappa shape index (κ2) is 6.02. The molecule has 0 aromatic rings. The van der Waals surface area contributed by atoms with Gasteiger partial charge in [0.25, 0.3) is 0 Å². The molecule has 1 heterocycles. The topological polar surface area (TPSA) is 15.3 Å². The Morgan fingerprint density at radius 3 is 2.56 bits per heavy atom. The van der Waals surface area contributed by atoms with Crippen molar-refractivity contribution in [3.63, 3.8) is 0 Å². The van der Waals surface area contributed by atoms with Gasteiger partial charge in [0, 0.05) is 18.6 Å². The van der Waals surface area contributed by atoms with E-state index in [0.717, 1.165) is 18.0 Å². The Kier molecular flexibility index (Phi) is 4.66. The van der Waals surface area contributed by atoms with Gasteiger partial charge in [0.1, 0.15) is 0 Å². The first-order chi connectivity index (χ1) is 7.77. The average Bonchev–Trinajstić information content (AvgIpc) is 2.84. The molecule has 1 saturated carbocycles. The Labute approximate surface area is 101 Å². The van der Waals surface area contributed by atoms with Crippen molar-refractivity contribution in [1.82, 2.24) is 10.2 Å². The third-order valence-corrected chi connectivity index (χ3v) is 4.15. The first-order valence-electron chi connectivity index (χ1n) is 7.24. The molecule has 1 aliphatic heterocycles. The molecular formula is C14H28N2. The summed E-state index contributed by atoms with van der Waals surface area (Å²) in [4.78, 5) is 2.81. The van der Waals surface area contributed by atoms with Gasteiger partial charge in [-0.3, -0.25) is 4.90 Å². The molecule has 0 aromatic carbocycles. The van der Waals surface area contributed by atoms with Crippen LogP contribution in [0, 0.1) is 5.92 Å². The summed E-state index contributed by atoms with van der Waals surface area (Å²) in [6, 6.07) is 1.76. The van der Waals surface area contributed by atoms with Crippen LogP contribution in [0.2, 0.25) is 0 Å². The van der Waals surface area contributed by atoms with E-state index in [9.17, 15) is 0 Å². The SMILES string of the molecule is CC(C)CNCC1CCCN1C1CCCC1. The van der Waals surface area contributed by atoms with Gasteiger partial charge in [-0.15, -0.1) is 0 Å². The highest BCUT2D eigenvalue weighted by Crippen LogP contribution is 2.29. The summed E-state index contributed by atoms with van der Waals surface area (Å²) in [6.07, 6.45) is 8.69. The molecule has 0 amide bonds. The molecule has 2 aliphatic rings. The van der Waals surface area contributed by atoms with E-state index < -0.39 is 0 Å². The van der Waals surface area contributed by atoms with Crippen LogP contribution < -0.4 is 5.32 Å². The van der Waals surface area contributed by atoms with Gasteiger partial charge in [0.15, 0.2) is 0 Å². The Morgan fingerprint density at radius 2 is 1.88 bits per heavy atom. The maximum atomic E-state index is 3.64. The van der Waals surface area contributed by atoms with Crippen LogP contribution in [0.25, 0.3) is 0 Å². The smallest absolute Gasteiger partial charge is 0.0224 e. The highest BCUT2D eigenvalue weighted by atomic mass is 15.2. The van der Waals surface area contributed by atoms with Crippen molar-refractivity contribution in [3.8, 4) is 0 Å². The highest BCUT2D eigenvalue weighted by molar-refractivity contribution is 4.88. The van der Waals surface area contributed by atoms with E-state index in [-0.39, 0.29) is 0 Å². The Bertz CT molecular complexity index is 197. The second-order valence-corrected chi connectivity index (χ2v) is 6.02. The molecule has 0 radical (unpaired) electrons. The zero-order valence-electron chi connectivity index (χ0n) is 11.0. The van der Waals surface area contributed by atoms with Gasteiger partial charge in [-0.2, -0.15) is 0 Å². The van der Waals surface area contributed by atoms with E-state index in [4.69, 9.17) is 0 Å². The molecule has 2 heteroatoms. The monoisotopic (exact) mass is 224 g/mol. The lowest BCUT2D eigenvalue weighted by Gasteiger charge is -2.30. The lowest BCUT2D eigenvalue weighted by Crippen LogP contribution is -2.43. The Morgan fingerprint density at radius 1 is 1.12 bits per heavy atom. The molecular weight excluding hydrogens is 196 g/mol. The Balaban J connectivity index is 1.74. The molecule has 1 unspecified atom stereocenters. The van der Waals surface area contributed by atoms with Crippen molar-refractivity contribution >= 4 is 0 Å². The molecule has 1 atom stereocenters. The third kappa shape index (κ3) is 3.21. The number of hydrogen-bond acceptors (Lipinski definition) is 2. The highest BCUT2D eigenvalue weighted by Gasteiger charge is 2.31. The fourth-order valence-electron chi connectivity index (χ4n) is 3.33. The molecule has 0 aromatic heterocycles. The van der Waals surface area contributed by atoms with E-state index in [1.54, 1.807) is 0 Å².